The predicted molar refractivity (Wildman–Crippen MR) is 86.4 cm³/mol. The zero-order chi connectivity index (χ0) is 18.4. The van der Waals surface area contributed by atoms with Crippen molar-refractivity contribution in [2.45, 2.75) is 19.4 Å². The first-order valence-corrected chi connectivity index (χ1v) is 7.64. The van der Waals surface area contributed by atoms with E-state index in [0.29, 0.717) is 19.4 Å². The van der Waals surface area contributed by atoms with Gasteiger partial charge in [0.05, 0.1) is 17.1 Å². The van der Waals surface area contributed by atoms with Gasteiger partial charge in [-0.25, -0.2) is 0 Å². The van der Waals surface area contributed by atoms with E-state index in [2.05, 4.69) is 5.32 Å². The number of nitro groups is 1. The fourth-order valence-corrected chi connectivity index (χ4v) is 2.36. The van der Waals surface area contributed by atoms with Gasteiger partial charge in [-0.1, -0.05) is 0 Å². The molecule has 1 heterocycles. The number of imide groups is 1. The van der Waals surface area contributed by atoms with Crippen LogP contribution in [-0.2, 0) is 16.2 Å². The SMILES string of the molecule is O=C(NCCCCN1C(=O)C=CC1=O)c1ccc(CO)c([N+](=O)[O-])c1. The minimum absolute atomic E-state index is 0.123. The lowest BCUT2D eigenvalue weighted by atomic mass is 10.1. The molecule has 0 aliphatic carbocycles. The second-order valence-corrected chi connectivity index (χ2v) is 5.38. The number of rotatable bonds is 8. The Bertz CT molecular complexity index is 725. The normalized spacial score (nSPS) is 13.4. The van der Waals surface area contributed by atoms with Gasteiger partial charge >= 0.3 is 0 Å². The lowest BCUT2D eigenvalue weighted by Crippen LogP contribution is -2.31. The average Bonchev–Trinajstić information content (AvgIpc) is 2.92. The molecule has 2 rings (SSSR count). The number of hydrogen-bond donors (Lipinski definition) is 2. The molecule has 0 fully saturated rings. The summed E-state index contributed by atoms with van der Waals surface area (Å²) < 4.78 is 0. The third-order valence-corrected chi connectivity index (χ3v) is 3.71. The lowest BCUT2D eigenvalue weighted by molar-refractivity contribution is -0.385. The Balaban J connectivity index is 1.80. The molecule has 1 aromatic carbocycles. The number of carbonyl (C=O) groups is 3. The van der Waals surface area contributed by atoms with Crippen molar-refractivity contribution in [1.82, 2.24) is 10.2 Å². The summed E-state index contributed by atoms with van der Waals surface area (Å²) in [4.78, 5) is 46.1. The van der Waals surface area contributed by atoms with E-state index < -0.39 is 17.4 Å². The number of benzene rings is 1. The molecular formula is C16H17N3O6. The van der Waals surface area contributed by atoms with E-state index in [1.165, 1.54) is 24.3 Å². The zero-order valence-corrected chi connectivity index (χ0v) is 13.3. The topological polar surface area (TPSA) is 130 Å². The van der Waals surface area contributed by atoms with Gasteiger partial charge in [0.25, 0.3) is 23.4 Å². The van der Waals surface area contributed by atoms with Gasteiger partial charge in [-0.05, 0) is 25.0 Å². The van der Waals surface area contributed by atoms with Crippen LogP contribution in [-0.4, -0.2) is 45.7 Å². The maximum absolute atomic E-state index is 12.0. The number of unbranched alkanes of at least 4 members (excludes halogenated alkanes) is 1. The fraction of sp³-hybridized carbons (Fsp3) is 0.312. The van der Waals surface area contributed by atoms with Crippen LogP contribution in [0.4, 0.5) is 5.69 Å². The van der Waals surface area contributed by atoms with Crippen LogP contribution in [0.3, 0.4) is 0 Å². The minimum atomic E-state index is -0.652. The van der Waals surface area contributed by atoms with Crippen molar-refractivity contribution in [3.05, 3.63) is 51.6 Å². The molecule has 1 aliphatic rings. The first-order valence-electron chi connectivity index (χ1n) is 7.64. The van der Waals surface area contributed by atoms with Gasteiger partial charge in [-0.2, -0.15) is 0 Å². The Labute approximate surface area is 143 Å². The molecule has 0 saturated heterocycles. The molecule has 1 aliphatic heterocycles. The minimum Gasteiger partial charge on any atom is -0.391 e. The number of amides is 3. The largest absolute Gasteiger partial charge is 0.391 e. The van der Waals surface area contributed by atoms with E-state index in [4.69, 9.17) is 5.11 Å². The number of hydrogen-bond acceptors (Lipinski definition) is 6. The van der Waals surface area contributed by atoms with Crippen molar-refractivity contribution in [2.24, 2.45) is 0 Å². The van der Waals surface area contributed by atoms with Crippen molar-refractivity contribution in [1.29, 1.82) is 0 Å². The van der Waals surface area contributed by atoms with E-state index in [1.807, 2.05) is 0 Å². The highest BCUT2D eigenvalue weighted by Crippen LogP contribution is 2.20. The number of nitro benzene ring substituents is 1. The smallest absolute Gasteiger partial charge is 0.275 e. The van der Waals surface area contributed by atoms with Crippen molar-refractivity contribution < 1.29 is 24.4 Å². The number of aliphatic hydroxyl groups excluding tert-OH is 1. The molecule has 0 unspecified atom stereocenters. The van der Waals surface area contributed by atoms with Crippen LogP contribution in [0.25, 0.3) is 0 Å². The van der Waals surface area contributed by atoms with Gasteiger partial charge in [0, 0.05) is 36.9 Å². The third kappa shape index (κ3) is 4.48. The van der Waals surface area contributed by atoms with Crippen LogP contribution in [0, 0.1) is 10.1 Å². The standard InChI is InChI=1S/C16H17N3O6/c20-10-12-4-3-11(9-13(12)19(24)25)16(23)17-7-1-2-8-18-14(21)5-6-15(18)22/h3-6,9,20H,1-2,7-8,10H2,(H,17,23). The first kappa shape index (κ1) is 18.3. The van der Waals surface area contributed by atoms with E-state index in [0.717, 1.165) is 11.0 Å². The average molecular weight is 347 g/mol. The van der Waals surface area contributed by atoms with E-state index >= 15 is 0 Å². The summed E-state index contributed by atoms with van der Waals surface area (Å²) in [6, 6.07) is 3.86. The van der Waals surface area contributed by atoms with Crippen molar-refractivity contribution in [2.75, 3.05) is 13.1 Å². The number of nitrogens with one attached hydrogen (secondary N) is 1. The van der Waals surface area contributed by atoms with Crippen LogP contribution in [0.15, 0.2) is 30.4 Å². The highest BCUT2D eigenvalue weighted by molar-refractivity contribution is 6.12. The Morgan fingerprint density at radius 2 is 1.88 bits per heavy atom. The summed E-state index contributed by atoms with van der Waals surface area (Å²) in [5.74, 6) is -1.15. The van der Waals surface area contributed by atoms with Crippen LogP contribution in [0.5, 0.6) is 0 Å². The van der Waals surface area contributed by atoms with Gasteiger partial charge in [0.15, 0.2) is 0 Å². The highest BCUT2D eigenvalue weighted by Gasteiger charge is 2.22. The van der Waals surface area contributed by atoms with E-state index in [9.17, 15) is 24.5 Å². The van der Waals surface area contributed by atoms with E-state index in [1.54, 1.807) is 0 Å². The summed E-state index contributed by atoms with van der Waals surface area (Å²) >= 11 is 0. The maximum Gasteiger partial charge on any atom is 0.275 e. The third-order valence-electron chi connectivity index (χ3n) is 3.71. The van der Waals surface area contributed by atoms with Gasteiger partial charge in [-0.3, -0.25) is 29.4 Å². The molecule has 0 bridgehead atoms. The molecule has 132 valence electrons. The summed E-state index contributed by atoms with van der Waals surface area (Å²) in [7, 11) is 0. The highest BCUT2D eigenvalue weighted by atomic mass is 16.6. The fourth-order valence-electron chi connectivity index (χ4n) is 2.36. The van der Waals surface area contributed by atoms with Crippen molar-refractivity contribution in [3.8, 4) is 0 Å². The molecule has 0 aromatic heterocycles. The number of carbonyl (C=O) groups excluding carboxylic acids is 3. The maximum atomic E-state index is 12.0. The number of aliphatic hydroxyl groups is 1. The molecule has 0 saturated carbocycles. The molecule has 0 spiro atoms. The quantitative estimate of drug-likeness (QED) is 0.305. The Kier molecular flexibility index (Phi) is 5.96. The van der Waals surface area contributed by atoms with Gasteiger partial charge in [0.1, 0.15) is 0 Å². The summed E-state index contributed by atoms with van der Waals surface area (Å²) in [5.41, 5.74) is -0.0539. The predicted octanol–water partition coefficient (Wildman–Crippen LogP) is 0.522. The molecule has 1 aromatic rings. The summed E-state index contributed by atoms with van der Waals surface area (Å²) in [6.07, 6.45) is 3.50. The van der Waals surface area contributed by atoms with Crippen molar-refractivity contribution in [3.63, 3.8) is 0 Å². The molecule has 0 atom stereocenters. The Morgan fingerprint density at radius 3 is 2.48 bits per heavy atom. The van der Waals surface area contributed by atoms with Crippen LogP contribution >= 0.6 is 0 Å². The molecule has 9 nitrogen and oxygen atoms in total. The monoisotopic (exact) mass is 347 g/mol. The van der Waals surface area contributed by atoms with Crippen LogP contribution in [0.1, 0.15) is 28.8 Å². The van der Waals surface area contributed by atoms with Gasteiger partial charge in [-0.15, -0.1) is 0 Å². The van der Waals surface area contributed by atoms with E-state index in [-0.39, 0.29) is 35.2 Å². The van der Waals surface area contributed by atoms with Crippen LogP contribution in [0.2, 0.25) is 0 Å². The molecule has 9 heteroatoms. The molecule has 2 N–H and O–H groups in total. The number of nitrogens with zero attached hydrogens (tertiary/aromatic N) is 2. The first-order chi connectivity index (χ1) is 11.9. The Morgan fingerprint density at radius 1 is 1.20 bits per heavy atom. The summed E-state index contributed by atoms with van der Waals surface area (Å²) in [5, 5.41) is 22.6. The summed E-state index contributed by atoms with van der Waals surface area (Å²) in [6.45, 7) is 0.0935. The molecule has 3 amide bonds. The van der Waals surface area contributed by atoms with Gasteiger partial charge < -0.3 is 10.4 Å². The van der Waals surface area contributed by atoms with Gasteiger partial charge in [0.2, 0.25) is 0 Å². The molecule has 0 radical (unpaired) electrons. The second-order valence-electron chi connectivity index (χ2n) is 5.38. The zero-order valence-electron chi connectivity index (χ0n) is 13.3. The Hall–Kier alpha value is -3.07. The van der Waals surface area contributed by atoms with Crippen molar-refractivity contribution >= 4 is 23.4 Å². The lowest BCUT2D eigenvalue weighted by Gasteiger charge is -2.13. The second kappa shape index (κ2) is 8.15. The molecular weight excluding hydrogens is 330 g/mol. The molecule has 25 heavy (non-hydrogen) atoms. The van der Waals surface area contributed by atoms with Crippen LogP contribution < -0.4 is 5.32 Å².